The Kier molecular flexibility index (Phi) is 3.76. The van der Waals surface area contributed by atoms with Gasteiger partial charge in [-0.1, -0.05) is 11.6 Å². The molecule has 0 aliphatic rings. The first-order valence-electron chi connectivity index (χ1n) is 5.64. The lowest BCUT2D eigenvalue weighted by atomic mass is 10.1. The topological polar surface area (TPSA) is 68.4 Å². The number of methoxy groups -OCH3 is 1. The highest BCUT2D eigenvalue weighted by molar-refractivity contribution is 6.31. The van der Waals surface area contributed by atoms with Gasteiger partial charge in [0.15, 0.2) is 0 Å². The summed E-state index contributed by atoms with van der Waals surface area (Å²) in [6, 6.07) is 3.07. The molecule has 1 heterocycles. The van der Waals surface area contributed by atoms with E-state index in [1.165, 1.54) is 19.4 Å². The van der Waals surface area contributed by atoms with Gasteiger partial charge in [0.05, 0.1) is 24.6 Å². The van der Waals surface area contributed by atoms with Gasteiger partial charge in [0, 0.05) is 17.3 Å². The molecule has 0 spiro atoms. The van der Waals surface area contributed by atoms with Crippen LogP contribution in [-0.4, -0.2) is 24.7 Å². The zero-order valence-electron chi connectivity index (χ0n) is 10.5. The lowest BCUT2D eigenvalue weighted by Gasteiger charge is -2.07. The number of carbonyl (C=O) groups excluding carboxylic acids is 1. The summed E-state index contributed by atoms with van der Waals surface area (Å²) in [5, 5.41) is 0.644. The molecule has 1 aromatic carbocycles. The van der Waals surface area contributed by atoms with Gasteiger partial charge in [0.25, 0.3) is 0 Å². The number of nitrogens with one attached hydrogen (secondary N) is 1. The van der Waals surface area contributed by atoms with Crippen LogP contribution in [0.1, 0.15) is 17.3 Å². The molecule has 0 amide bonds. The average molecular weight is 282 g/mol. The predicted octanol–water partition coefficient (Wildman–Crippen LogP) is 2.37. The second-order valence-electron chi connectivity index (χ2n) is 3.78. The second-order valence-corrected chi connectivity index (χ2v) is 4.22. The van der Waals surface area contributed by atoms with Crippen molar-refractivity contribution in [1.29, 1.82) is 0 Å². The van der Waals surface area contributed by atoms with E-state index < -0.39 is 11.4 Å². The summed E-state index contributed by atoms with van der Waals surface area (Å²) in [6.07, 6.45) is 1.32. The average Bonchev–Trinajstić information content (AvgIpc) is 2.39. The van der Waals surface area contributed by atoms with Crippen molar-refractivity contribution >= 4 is 28.5 Å². The van der Waals surface area contributed by atoms with Gasteiger partial charge in [-0.2, -0.15) is 0 Å². The first-order valence-corrected chi connectivity index (χ1v) is 6.02. The van der Waals surface area contributed by atoms with E-state index in [4.69, 9.17) is 21.1 Å². The van der Waals surface area contributed by atoms with Gasteiger partial charge in [-0.05, 0) is 13.0 Å². The van der Waals surface area contributed by atoms with E-state index in [2.05, 4.69) is 4.98 Å². The Morgan fingerprint density at radius 3 is 2.79 bits per heavy atom. The monoisotopic (exact) mass is 281 g/mol. The molecule has 1 N–H and O–H groups in total. The Bertz CT molecular complexity index is 693. The number of benzene rings is 1. The first kappa shape index (κ1) is 13.4. The summed E-state index contributed by atoms with van der Waals surface area (Å²) < 4.78 is 9.96. The number of hydrogen-bond donors (Lipinski definition) is 1. The minimum absolute atomic E-state index is 0.0568. The van der Waals surface area contributed by atoms with E-state index in [1.54, 1.807) is 13.0 Å². The zero-order valence-corrected chi connectivity index (χ0v) is 11.2. The highest BCUT2D eigenvalue weighted by Gasteiger charge is 2.16. The maximum absolute atomic E-state index is 12.2. The summed E-state index contributed by atoms with van der Waals surface area (Å²) in [4.78, 5) is 26.7. The third-order valence-corrected chi connectivity index (χ3v) is 2.85. The Balaban J connectivity index is 2.72. The summed E-state index contributed by atoms with van der Waals surface area (Å²) in [5.74, 6) is -0.223. The molecule has 0 saturated carbocycles. The fourth-order valence-corrected chi connectivity index (χ4v) is 1.99. The number of esters is 1. The van der Waals surface area contributed by atoms with Crippen molar-refractivity contribution in [3.8, 4) is 5.75 Å². The molecule has 0 radical (unpaired) electrons. The minimum atomic E-state index is -0.662. The maximum atomic E-state index is 12.2. The Morgan fingerprint density at radius 1 is 1.42 bits per heavy atom. The molecule has 0 aliphatic heterocycles. The van der Waals surface area contributed by atoms with E-state index in [-0.39, 0.29) is 17.6 Å². The number of aromatic nitrogens is 1. The van der Waals surface area contributed by atoms with E-state index in [0.717, 1.165) is 0 Å². The molecule has 0 aliphatic carbocycles. The zero-order chi connectivity index (χ0) is 14.0. The van der Waals surface area contributed by atoms with Crippen LogP contribution in [0.5, 0.6) is 5.75 Å². The van der Waals surface area contributed by atoms with Gasteiger partial charge in [-0.3, -0.25) is 4.79 Å². The summed E-state index contributed by atoms with van der Waals surface area (Å²) in [6.45, 7) is 1.88. The third kappa shape index (κ3) is 2.42. The van der Waals surface area contributed by atoms with Gasteiger partial charge in [-0.25, -0.2) is 4.79 Å². The number of hydrogen-bond acceptors (Lipinski definition) is 4. The van der Waals surface area contributed by atoms with Crippen molar-refractivity contribution in [2.45, 2.75) is 6.92 Å². The molecule has 0 bridgehead atoms. The van der Waals surface area contributed by atoms with Crippen LogP contribution in [0.2, 0.25) is 5.02 Å². The molecular weight excluding hydrogens is 270 g/mol. The first-order chi connectivity index (χ1) is 9.08. The van der Waals surface area contributed by atoms with Crippen molar-refractivity contribution in [2.75, 3.05) is 13.7 Å². The summed E-state index contributed by atoms with van der Waals surface area (Å²) >= 11 is 5.92. The molecule has 0 atom stereocenters. The third-order valence-electron chi connectivity index (χ3n) is 2.63. The molecule has 0 saturated heterocycles. The van der Waals surface area contributed by atoms with Crippen LogP contribution in [0.15, 0.2) is 23.1 Å². The summed E-state index contributed by atoms with van der Waals surface area (Å²) in [7, 11) is 1.47. The molecule has 19 heavy (non-hydrogen) atoms. The lowest BCUT2D eigenvalue weighted by molar-refractivity contribution is 0.0524. The predicted molar refractivity (Wildman–Crippen MR) is 72.1 cm³/mol. The van der Waals surface area contributed by atoms with Gasteiger partial charge >= 0.3 is 5.97 Å². The highest BCUT2D eigenvalue weighted by Crippen LogP contribution is 2.26. The van der Waals surface area contributed by atoms with E-state index in [1.807, 2.05) is 0 Å². The molecule has 2 rings (SSSR count). The number of rotatable bonds is 3. The number of carbonyl (C=O) groups is 1. The van der Waals surface area contributed by atoms with Crippen molar-refractivity contribution in [3.63, 3.8) is 0 Å². The molecular formula is C13H12ClNO4. The molecule has 2 aromatic rings. The van der Waals surface area contributed by atoms with Crippen LogP contribution in [0.25, 0.3) is 10.9 Å². The largest absolute Gasteiger partial charge is 0.494 e. The van der Waals surface area contributed by atoms with Crippen LogP contribution in [0, 0.1) is 0 Å². The molecule has 6 heteroatoms. The lowest BCUT2D eigenvalue weighted by Crippen LogP contribution is -2.18. The van der Waals surface area contributed by atoms with E-state index in [0.29, 0.717) is 16.3 Å². The van der Waals surface area contributed by atoms with Crippen molar-refractivity contribution in [3.05, 3.63) is 39.1 Å². The number of pyridine rings is 1. The Labute approximate surface area is 114 Å². The maximum Gasteiger partial charge on any atom is 0.343 e. The fourth-order valence-electron chi connectivity index (χ4n) is 1.79. The Hall–Kier alpha value is -2.01. The molecule has 1 aromatic heterocycles. The van der Waals surface area contributed by atoms with Crippen LogP contribution >= 0.6 is 11.6 Å². The smallest absolute Gasteiger partial charge is 0.343 e. The standard InChI is InChI=1S/C13H12ClNO4/c1-3-19-13(17)9-6-15-11-8(12(9)16)4-7(14)5-10(11)18-2/h4-6H,3H2,1-2H3,(H,15,16). The van der Waals surface area contributed by atoms with E-state index in [9.17, 15) is 9.59 Å². The quantitative estimate of drug-likeness (QED) is 0.877. The summed E-state index contributed by atoms with van der Waals surface area (Å²) in [5.41, 5.74) is -0.00313. The van der Waals surface area contributed by atoms with Gasteiger partial charge in [-0.15, -0.1) is 0 Å². The van der Waals surface area contributed by atoms with Gasteiger partial charge in [0.1, 0.15) is 11.3 Å². The SMILES string of the molecule is CCOC(=O)c1c[nH]c2c(OC)cc(Cl)cc2c1=O. The Morgan fingerprint density at radius 2 is 2.16 bits per heavy atom. The van der Waals surface area contributed by atoms with Crippen LogP contribution < -0.4 is 10.2 Å². The number of fused-ring (bicyclic) bond motifs is 1. The molecule has 0 unspecified atom stereocenters. The fraction of sp³-hybridized carbons (Fsp3) is 0.231. The number of aromatic amines is 1. The molecule has 0 fully saturated rings. The van der Waals surface area contributed by atoms with Gasteiger partial charge < -0.3 is 14.5 Å². The van der Waals surface area contributed by atoms with E-state index >= 15 is 0 Å². The number of halogens is 1. The number of ether oxygens (including phenoxy) is 2. The van der Waals surface area contributed by atoms with Crippen LogP contribution in [-0.2, 0) is 4.74 Å². The molecule has 100 valence electrons. The minimum Gasteiger partial charge on any atom is -0.494 e. The second kappa shape index (κ2) is 5.32. The van der Waals surface area contributed by atoms with Crippen molar-refractivity contribution < 1.29 is 14.3 Å². The van der Waals surface area contributed by atoms with Crippen LogP contribution in [0.3, 0.4) is 0 Å². The highest BCUT2D eigenvalue weighted by atomic mass is 35.5. The van der Waals surface area contributed by atoms with Crippen molar-refractivity contribution in [1.82, 2.24) is 4.98 Å². The van der Waals surface area contributed by atoms with Gasteiger partial charge in [0.2, 0.25) is 5.43 Å². The molecule has 5 nitrogen and oxygen atoms in total. The number of H-pyrrole nitrogens is 1. The normalized spacial score (nSPS) is 10.5. The van der Waals surface area contributed by atoms with Crippen molar-refractivity contribution in [2.24, 2.45) is 0 Å². The van der Waals surface area contributed by atoms with Crippen LogP contribution in [0.4, 0.5) is 0 Å².